The van der Waals surface area contributed by atoms with Crippen LogP contribution in [0.25, 0.3) is 0 Å². The maximum absolute atomic E-state index is 11.9. The number of nitro groups is 1. The van der Waals surface area contributed by atoms with E-state index in [-0.39, 0.29) is 11.6 Å². The number of amides is 1. The molecule has 114 valence electrons. The Balaban J connectivity index is 2.38. The van der Waals surface area contributed by atoms with Crippen molar-refractivity contribution in [2.45, 2.75) is 19.8 Å². The highest BCUT2D eigenvalue weighted by molar-refractivity contribution is 5.95. The van der Waals surface area contributed by atoms with Gasteiger partial charge in [-0.05, 0) is 30.9 Å². The lowest BCUT2D eigenvalue weighted by Gasteiger charge is -2.32. The first-order valence-electron chi connectivity index (χ1n) is 7.15. The molecule has 1 saturated heterocycles. The summed E-state index contributed by atoms with van der Waals surface area (Å²) in [5.41, 5.74) is 0.971. The molecule has 0 saturated carbocycles. The summed E-state index contributed by atoms with van der Waals surface area (Å²) >= 11 is 0. The quantitative estimate of drug-likeness (QED) is 0.634. The summed E-state index contributed by atoms with van der Waals surface area (Å²) in [4.78, 5) is 26.4. The van der Waals surface area contributed by atoms with Gasteiger partial charge in [-0.25, -0.2) is 0 Å². The third kappa shape index (κ3) is 3.32. The summed E-state index contributed by atoms with van der Waals surface area (Å²) < 4.78 is 0. The number of hydrogen-bond acceptors (Lipinski definition) is 4. The molecule has 0 radical (unpaired) electrons. The zero-order valence-corrected chi connectivity index (χ0v) is 12.7. The van der Waals surface area contributed by atoms with Crippen molar-refractivity contribution in [1.82, 2.24) is 4.90 Å². The Kier molecular flexibility index (Phi) is 4.45. The Hall–Kier alpha value is -2.11. The maximum Gasteiger partial charge on any atom is 0.293 e. The smallest absolute Gasteiger partial charge is 0.293 e. The molecule has 6 heteroatoms. The predicted molar refractivity (Wildman–Crippen MR) is 81.7 cm³/mol. The zero-order valence-electron chi connectivity index (χ0n) is 12.7. The standard InChI is InChI=1S/C15H21N3O3/c1-11-5-4-8-17(10-11)13-7-6-12(15(19)16(2)3)9-14(13)18(20)21/h6-7,9,11H,4-5,8,10H2,1-3H3. The van der Waals surface area contributed by atoms with E-state index in [0.29, 0.717) is 17.2 Å². The largest absolute Gasteiger partial charge is 0.366 e. The van der Waals surface area contributed by atoms with Crippen molar-refractivity contribution < 1.29 is 9.72 Å². The first-order valence-corrected chi connectivity index (χ1v) is 7.15. The van der Waals surface area contributed by atoms with Gasteiger partial charge in [0.15, 0.2) is 0 Å². The van der Waals surface area contributed by atoms with Crippen molar-refractivity contribution in [3.63, 3.8) is 0 Å². The van der Waals surface area contributed by atoms with Gasteiger partial charge in [0.25, 0.3) is 11.6 Å². The van der Waals surface area contributed by atoms with Crippen LogP contribution < -0.4 is 4.90 Å². The number of nitrogens with zero attached hydrogens (tertiary/aromatic N) is 3. The minimum Gasteiger partial charge on any atom is -0.366 e. The number of carbonyl (C=O) groups is 1. The maximum atomic E-state index is 11.9. The molecule has 1 unspecified atom stereocenters. The number of hydrogen-bond donors (Lipinski definition) is 0. The van der Waals surface area contributed by atoms with E-state index in [1.54, 1.807) is 26.2 Å². The second-order valence-electron chi connectivity index (χ2n) is 5.85. The van der Waals surface area contributed by atoms with E-state index < -0.39 is 4.92 Å². The molecule has 2 rings (SSSR count). The first kappa shape index (κ1) is 15.3. The Morgan fingerprint density at radius 2 is 2.14 bits per heavy atom. The molecule has 1 fully saturated rings. The van der Waals surface area contributed by atoms with Gasteiger partial charge in [0.05, 0.1) is 4.92 Å². The molecule has 0 aliphatic carbocycles. The molecular formula is C15H21N3O3. The van der Waals surface area contributed by atoms with Crippen molar-refractivity contribution in [2.75, 3.05) is 32.1 Å². The van der Waals surface area contributed by atoms with Gasteiger partial charge < -0.3 is 9.80 Å². The average Bonchev–Trinajstić information content (AvgIpc) is 2.45. The second-order valence-corrected chi connectivity index (χ2v) is 5.85. The van der Waals surface area contributed by atoms with Crippen LogP contribution >= 0.6 is 0 Å². The minimum absolute atomic E-state index is 0.0109. The van der Waals surface area contributed by atoms with E-state index in [1.807, 2.05) is 0 Å². The molecule has 1 heterocycles. The zero-order chi connectivity index (χ0) is 15.6. The fourth-order valence-electron chi connectivity index (χ4n) is 2.74. The number of rotatable bonds is 3. The van der Waals surface area contributed by atoms with E-state index in [1.165, 1.54) is 11.0 Å². The van der Waals surface area contributed by atoms with Crippen LogP contribution in [0, 0.1) is 16.0 Å². The molecular weight excluding hydrogens is 270 g/mol. The minimum atomic E-state index is -0.402. The van der Waals surface area contributed by atoms with Crippen LogP contribution in [0.1, 0.15) is 30.1 Å². The highest BCUT2D eigenvalue weighted by Crippen LogP contribution is 2.32. The van der Waals surface area contributed by atoms with Gasteiger partial charge >= 0.3 is 0 Å². The highest BCUT2D eigenvalue weighted by atomic mass is 16.6. The molecule has 1 atom stereocenters. The van der Waals surface area contributed by atoms with Crippen molar-refractivity contribution in [2.24, 2.45) is 5.92 Å². The molecule has 0 N–H and O–H groups in total. The molecule has 0 aromatic heterocycles. The number of piperidine rings is 1. The number of nitro benzene ring substituents is 1. The Morgan fingerprint density at radius 3 is 2.71 bits per heavy atom. The molecule has 6 nitrogen and oxygen atoms in total. The van der Waals surface area contributed by atoms with Crippen LogP contribution in [0.2, 0.25) is 0 Å². The first-order chi connectivity index (χ1) is 9.90. The van der Waals surface area contributed by atoms with Gasteiger partial charge in [0.1, 0.15) is 5.69 Å². The van der Waals surface area contributed by atoms with Crippen LogP contribution in [0.3, 0.4) is 0 Å². The highest BCUT2D eigenvalue weighted by Gasteiger charge is 2.25. The van der Waals surface area contributed by atoms with Gasteiger partial charge in [0, 0.05) is 38.8 Å². The van der Waals surface area contributed by atoms with E-state index >= 15 is 0 Å². The molecule has 1 amide bonds. The summed E-state index contributed by atoms with van der Waals surface area (Å²) in [7, 11) is 3.27. The van der Waals surface area contributed by atoms with Crippen molar-refractivity contribution in [3.05, 3.63) is 33.9 Å². The Morgan fingerprint density at radius 1 is 1.43 bits per heavy atom. The van der Waals surface area contributed by atoms with Gasteiger partial charge in [-0.15, -0.1) is 0 Å². The van der Waals surface area contributed by atoms with E-state index in [0.717, 1.165) is 25.9 Å². The molecule has 1 aliphatic heterocycles. The lowest BCUT2D eigenvalue weighted by molar-refractivity contribution is -0.384. The van der Waals surface area contributed by atoms with E-state index in [9.17, 15) is 14.9 Å². The molecule has 21 heavy (non-hydrogen) atoms. The van der Waals surface area contributed by atoms with Gasteiger partial charge in [-0.3, -0.25) is 14.9 Å². The molecule has 1 aromatic carbocycles. The summed E-state index contributed by atoms with van der Waals surface area (Å²) in [6, 6.07) is 4.76. The SMILES string of the molecule is CC1CCCN(c2ccc(C(=O)N(C)C)cc2[N+](=O)[O-])C1. The molecule has 1 aromatic rings. The topological polar surface area (TPSA) is 66.7 Å². The molecule has 0 spiro atoms. The number of benzene rings is 1. The van der Waals surface area contributed by atoms with Gasteiger partial charge in [-0.1, -0.05) is 6.92 Å². The van der Waals surface area contributed by atoms with Crippen molar-refractivity contribution in [3.8, 4) is 0 Å². The summed E-state index contributed by atoms with van der Waals surface area (Å²) in [5.74, 6) is 0.304. The predicted octanol–water partition coefficient (Wildman–Crippen LogP) is 2.53. The average molecular weight is 291 g/mol. The fourth-order valence-corrected chi connectivity index (χ4v) is 2.74. The summed E-state index contributed by atoms with van der Waals surface area (Å²) in [6.45, 7) is 3.80. The van der Waals surface area contributed by atoms with Gasteiger partial charge in [0.2, 0.25) is 0 Å². The van der Waals surface area contributed by atoms with Crippen molar-refractivity contribution >= 4 is 17.3 Å². The number of anilines is 1. The normalized spacial score (nSPS) is 18.4. The lowest BCUT2D eigenvalue weighted by Crippen LogP contribution is -2.34. The van der Waals surface area contributed by atoms with E-state index in [4.69, 9.17) is 0 Å². The van der Waals surface area contributed by atoms with Crippen LogP contribution in [0.15, 0.2) is 18.2 Å². The Bertz CT molecular complexity index is 557. The third-order valence-corrected chi connectivity index (χ3v) is 3.82. The Labute approximate surface area is 124 Å². The fraction of sp³-hybridized carbons (Fsp3) is 0.533. The number of carbonyl (C=O) groups excluding carboxylic acids is 1. The lowest BCUT2D eigenvalue weighted by atomic mass is 9.99. The van der Waals surface area contributed by atoms with Crippen LogP contribution in [0.5, 0.6) is 0 Å². The van der Waals surface area contributed by atoms with Crippen LogP contribution in [-0.2, 0) is 0 Å². The van der Waals surface area contributed by atoms with E-state index in [2.05, 4.69) is 11.8 Å². The van der Waals surface area contributed by atoms with Gasteiger partial charge in [-0.2, -0.15) is 0 Å². The monoisotopic (exact) mass is 291 g/mol. The summed E-state index contributed by atoms with van der Waals surface area (Å²) in [6.07, 6.45) is 2.19. The molecule has 1 aliphatic rings. The van der Waals surface area contributed by atoms with Crippen molar-refractivity contribution in [1.29, 1.82) is 0 Å². The van der Waals surface area contributed by atoms with Crippen LogP contribution in [0.4, 0.5) is 11.4 Å². The van der Waals surface area contributed by atoms with Crippen LogP contribution in [-0.4, -0.2) is 42.9 Å². The third-order valence-electron chi connectivity index (χ3n) is 3.82. The molecule has 0 bridgehead atoms. The second kappa shape index (κ2) is 6.11. The summed E-state index contributed by atoms with van der Waals surface area (Å²) in [5, 5.41) is 11.3.